The third-order valence-corrected chi connectivity index (χ3v) is 2.16. The van der Waals surface area contributed by atoms with Crippen LogP contribution >= 0.6 is 0 Å². The highest BCUT2D eigenvalue weighted by atomic mass is 16.5. The highest BCUT2D eigenvalue weighted by Crippen LogP contribution is 2.06. The first kappa shape index (κ1) is 10.8. The van der Waals surface area contributed by atoms with Crippen molar-refractivity contribution in [2.75, 3.05) is 6.61 Å². The van der Waals surface area contributed by atoms with Crippen molar-refractivity contribution in [3.8, 4) is 5.69 Å². The number of aromatic nitrogens is 3. The van der Waals surface area contributed by atoms with Crippen LogP contribution in [0.3, 0.4) is 0 Å². The topological polar surface area (TPSA) is 39.9 Å². The van der Waals surface area contributed by atoms with E-state index in [0.717, 1.165) is 24.4 Å². The molecule has 0 spiro atoms. The van der Waals surface area contributed by atoms with E-state index < -0.39 is 0 Å². The highest BCUT2D eigenvalue weighted by molar-refractivity contribution is 5.29. The van der Waals surface area contributed by atoms with Gasteiger partial charge < -0.3 is 4.74 Å². The molecule has 84 valence electrons. The minimum atomic E-state index is 0.528. The second kappa shape index (κ2) is 5.42. The molecule has 1 aromatic carbocycles. The number of hydrogen-bond acceptors (Lipinski definition) is 3. The Kier molecular flexibility index (Phi) is 3.66. The van der Waals surface area contributed by atoms with E-state index in [-0.39, 0.29) is 0 Å². The molecule has 0 atom stereocenters. The molecule has 0 amide bonds. The molecule has 2 aromatic rings. The van der Waals surface area contributed by atoms with Gasteiger partial charge in [-0.2, -0.15) is 0 Å². The first-order valence-electron chi connectivity index (χ1n) is 5.44. The van der Waals surface area contributed by atoms with Gasteiger partial charge in [0, 0.05) is 6.61 Å². The molecule has 0 aliphatic rings. The first-order valence-corrected chi connectivity index (χ1v) is 5.44. The van der Waals surface area contributed by atoms with Gasteiger partial charge in [-0.25, -0.2) is 4.68 Å². The van der Waals surface area contributed by atoms with Crippen LogP contribution in [0.5, 0.6) is 0 Å². The molecule has 16 heavy (non-hydrogen) atoms. The average molecular weight is 217 g/mol. The molecule has 0 aliphatic carbocycles. The molecule has 0 saturated heterocycles. The molecule has 0 N–H and O–H groups in total. The van der Waals surface area contributed by atoms with Crippen LogP contribution in [0.25, 0.3) is 5.69 Å². The van der Waals surface area contributed by atoms with Crippen LogP contribution < -0.4 is 0 Å². The molecule has 0 unspecified atom stereocenters. The summed E-state index contributed by atoms with van der Waals surface area (Å²) in [5.41, 5.74) is 1.87. The lowest BCUT2D eigenvalue weighted by atomic mass is 10.3. The molecule has 0 fully saturated rings. The van der Waals surface area contributed by atoms with Crippen molar-refractivity contribution in [2.24, 2.45) is 0 Å². The number of rotatable bonds is 5. The zero-order valence-electron chi connectivity index (χ0n) is 9.34. The van der Waals surface area contributed by atoms with Gasteiger partial charge in [-0.15, -0.1) is 5.10 Å². The van der Waals surface area contributed by atoms with Gasteiger partial charge in [0.25, 0.3) is 0 Å². The van der Waals surface area contributed by atoms with Crippen LogP contribution in [-0.4, -0.2) is 21.6 Å². The molecule has 4 heteroatoms. The van der Waals surface area contributed by atoms with Crippen LogP contribution in [0.15, 0.2) is 36.5 Å². The van der Waals surface area contributed by atoms with E-state index in [1.54, 1.807) is 4.68 Å². The van der Waals surface area contributed by atoms with Gasteiger partial charge in [0.15, 0.2) is 0 Å². The highest BCUT2D eigenvalue weighted by Gasteiger charge is 2.01. The fraction of sp³-hybridized carbons (Fsp3) is 0.333. The summed E-state index contributed by atoms with van der Waals surface area (Å²) in [5, 5.41) is 8.10. The number of ether oxygens (including phenoxy) is 1. The standard InChI is InChI=1S/C12H15N3O/c1-2-8-16-10-11-9-15(14-13-11)12-6-4-3-5-7-12/h3-7,9H,2,8,10H2,1H3. The third kappa shape index (κ3) is 2.67. The fourth-order valence-corrected chi connectivity index (χ4v) is 1.39. The third-order valence-electron chi connectivity index (χ3n) is 2.16. The summed E-state index contributed by atoms with van der Waals surface area (Å²) in [6.45, 7) is 3.37. The summed E-state index contributed by atoms with van der Waals surface area (Å²) >= 11 is 0. The Bertz CT molecular complexity index is 425. The zero-order valence-corrected chi connectivity index (χ0v) is 9.34. The lowest BCUT2D eigenvalue weighted by Crippen LogP contribution is -1.94. The van der Waals surface area contributed by atoms with E-state index in [2.05, 4.69) is 17.2 Å². The maximum absolute atomic E-state index is 5.40. The predicted molar refractivity (Wildman–Crippen MR) is 61.3 cm³/mol. The van der Waals surface area contributed by atoms with Crippen LogP contribution in [0.4, 0.5) is 0 Å². The molecule has 1 heterocycles. The Labute approximate surface area is 94.9 Å². The average Bonchev–Trinajstić information content (AvgIpc) is 2.79. The van der Waals surface area contributed by atoms with Crippen molar-refractivity contribution in [1.29, 1.82) is 0 Å². The van der Waals surface area contributed by atoms with Gasteiger partial charge in [-0.05, 0) is 18.6 Å². The Balaban J connectivity index is 2.02. The van der Waals surface area contributed by atoms with E-state index >= 15 is 0 Å². The zero-order chi connectivity index (χ0) is 11.2. The fourth-order valence-electron chi connectivity index (χ4n) is 1.39. The minimum absolute atomic E-state index is 0.528. The largest absolute Gasteiger partial charge is 0.375 e. The van der Waals surface area contributed by atoms with Gasteiger partial charge >= 0.3 is 0 Å². The van der Waals surface area contributed by atoms with Gasteiger partial charge in [0.1, 0.15) is 5.69 Å². The Hall–Kier alpha value is -1.68. The molecule has 2 rings (SSSR count). The van der Waals surface area contributed by atoms with Crippen molar-refractivity contribution in [2.45, 2.75) is 20.0 Å². The van der Waals surface area contributed by atoms with Crippen LogP contribution in [0.1, 0.15) is 19.0 Å². The molecular weight excluding hydrogens is 202 g/mol. The Morgan fingerprint density at radius 2 is 2.06 bits per heavy atom. The molecule has 0 saturated carbocycles. The van der Waals surface area contributed by atoms with Crippen molar-refractivity contribution in [3.63, 3.8) is 0 Å². The molecule has 4 nitrogen and oxygen atoms in total. The number of para-hydroxylation sites is 1. The SMILES string of the molecule is CCCOCc1cn(-c2ccccc2)nn1. The molecule has 1 aromatic heterocycles. The van der Waals surface area contributed by atoms with Crippen LogP contribution in [-0.2, 0) is 11.3 Å². The van der Waals surface area contributed by atoms with E-state index in [9.17, 15) is 0 Å². The second-order valence-electron chi connectivity index (χ2n) is 3.54. The van der Waals surface area contributed by atoms with E-state index in [1.165, 1.54) is 0 Å². The summed E-state index contributed by atoms with van der Waals surface area (Å²) in [6.07, 6.45) is 2.91. The Morgan fingerprint density at radius 3 is 2.81 bits per heavy atom. The molecule has 0 bridgehead atoms. The van der Waals surface area contributed by atoms with E-state index in [0.29, 0.717) is 6.61 Å². The smallest absolute Gasteiger partial charge is 0.109 e. The maximum atomic E-state index is 5.40. The van der Waals surface area contributed by atoms with Gasteiger partial charge in [-0.1, -0.05) is 30.3 Å². The monoisotopic (exact) mass is 217 g/mol. The predicted octanol–water partition coefficient (Wildman–Crippen LogP) is 2.19. The summed E-state index contributed by atoms with van der Waals surface area (Å²) < 4.78 is 7.16. The minimum Gasteiger partial charge on any atom is -0.375 e. The van der Waals surface area contributed by atoms with Gasteiger partial charge in [0.05, 0.1) is 18.5 Å². The van der Waals surface area contributed by atoms with Gasteiger partial charge in [-0.3, -0.25) is 0 Å². The van der Waals surface area contributed by atoms with E-state index in [4.69, 9.17) is 4.74 Å². The summed E-state index contributed by atoms with van der Waals surface area (Å²) in [7, 11) is 0. The quantitative estimate of drug-likeness (QED) is 0.721. The first-order chi connectivity index (χ1) is 7.90. The van der Waals surface area contributed by atoms with Crippen LogP contribution in [0.2, 0.25) is 0 Å². The summed E-state index contributed by atoms with van der Waals surface area (Å²) in [6, 6.07) is 9.91. The summed E-state index contributed by atoms with van der Waals surface area (Å²) in [5.74, 6) is 0. The van der Waals surface area contributed by atoms with Crippen molar-refractivity contribution >= 4 is 0 Å². The van der Waals surface area contributed by atoms with Crippen LogP contribution in [0, 0.1) is 0 Å². The van der Waals surface area contributed by atoms with Crippen molar-refractivity contribution < 1.29 is 4.74 Å². The molecular formula is C12H15N3O. The summed E-state index contributed by atoms with van der Waals surface area (Å²) in [4.78, 5) is 0. The van der Waals surface area contributed by atoms with Gasteiger partial charge in [0.2, 0.25) is 0 Å². The lowest BCUT2D eigenvalue weighted by Gasteiger charge is -1.98. The number of hydrogen-bond donors (Lipinski definition) is 0. The number of benzene rings is 1. The van der Waals surface area contributed by atoms with Crippen molar-refractivity contribution in [3.05, 3.63) is 42.2 Å². The second-order valence-corrected chi connectivity index (χ2v) is 3.54. The lowest BCUT2D eigenvalue weighted by molar-refractivity contribution is 0.119. The normalized spacial score (nSPS) is 10.6. The number of nitrogens with zero attached hydrogens (tertiary/aromatic N) is 3. The Morgan fingerprint density at radius 1 is 1.25 bits per heavy atom. The maximum Gasteiger partial charge on any atom is 0.109 e. The molecule has 0 aliphatic heterocycles. The van der Waals surface area contributed by atoms with E-state index in [1.807, 2.05) is 36.5 Å². The van der Waals surface area contributed by atoms with Crippen molar-refractivity contribution in [1.82, 2.24) is 15.0 Å². The molecule has 0 radical (unpaired) electrons.